The Morgan fingerprint density at radius 1 is 1.15 bits per heavy atom. The monoisotopic (exact) mass is 353 g/mol. The highest BCUT2D eigenvalue weighted by Gasteiger charge is 2.29. The molecule has 1 N–H and O–H groups in total. The first-order chi connectivity index (χ1) is 12.6. The second-order valence-corrected chi connectivity index (χ2v) is 7.19. The first-order valence-corrected chi connectivity index (χ1v) is 9.10. The van der Waals surface area contributed by atoms with Crippen LogP contribution in [0.3, 0.4) is 0 Å². The second kappa shape index (κ2) is 8.92. The Balaban J connectivity index is 1.48. The van der Waals surface area contributed by atoms with E-state index in [4.69, 9.17) is 4.74 Å². The van der Waals surface area contributed by atoms with Crippen molar-refractivity contribution in [1.82, 2.24) is 15.2 Å². The maximum atomic E-state index is 12.4. The zero-order valence-corrected chi connectivity index (χ0v) is 15.5. The third kappa shape index (κ3) is 5.38. The summed E-state index contributed by atoms with van der Waals surface area (Å²) in [6, 6.07) is 12.5. The maximum Gasteiger partial charge on any atom is 0.234 e. The van der Waals surface area contributed by atoms with Crippen LogP contribution in [0, 0.1) is 12.8 Å². The SMILES string of the molecule is Cc1ccc(CN(C)CC(=O)N[C@@H]2COC[C@H]2Cc2ccncc2)cc1. The van der Waals surface area contributed by atoms with Crippen LogP contribution in [0.25, 0.3) is 0 Å². The van der Waals surface area contributed by atoms with E-state index < -0.39 is 0 Å². The van der Waals surface area contributed by atoms with Crippen molar-refractivity contribution in [3.63, 3.8) is 0 Å². The lowest BCUT2D eigenvalue weighted by atomic mass is 9.95. The average molecular weight is 353 g/mol. The molecule has 1 amide bonds. The van der Waals surface area contributed by atoms with Crippen LogP contribution in [0.4, 0.5) is 0 Å². The van der Waals surface area contributed by atoms with Crippen molar-refractivity contribution in [3.8, 4) is 0 Å². The molecule has 1 aromatic heterocycles. The van der Waals surface area contributed by atoms with Gasteiger partial charge in [-0.1, -0.05) is 29.8 Å². The largest absolute Gasteiger partial charge is 0.379 e. The number of aryl methyl sites for hydroxylation is 1. The van der Waals surface area contributed by atoms with Crippen LogP contribution < -0.4 is 5.32 Å². The van der Waals surface area contributed by atoms with Crippen LogP contribution >= 0.6 is 0 Å². The van der Waals surface area contributed by atoms with Gasteiger partial charge in [-0.25, -0.2) is 0 Å². The van der Waals surface area contributed by atoms with Gasteiger partial charge in [0, 0.05) is 24.9 Å². The fourth-order valence-electron chi connectivity index (χ4n) is 3.34. The number of likely N-dealkylation sites (N-methyl/N-ethyl adjacent to an activating group) is 1. The standard InChI is InChI=1S/C21H27N3O2/c1-16-3-5-18(6-4-16)12-24(2)13-21(25)23-20-15-26-14-19(20)11-17-7-9-22-10-8-17/h3-10,19-20H,11-15H2,1-2H3,(H,23,25)/t19-,20-/m1/s1. The number of hydrogen-bond acceptors (Lipinski definition) is 4. The Kier molecular flexibility index (Phi) is 6.36. The Hall–Kier alpha value is -2.24. The van der Waals surface area contributed by atoms with Gasteiger partial charge >= 0.3 is 0 Å². The molecule has 138 valence electrons. The number of benzene rings is 1. The fourth-order valence-corrected chi connectivity index (χ4v) is 3.34. The maximum absolute atomic E-state index is 12.4. The third-order valence-electron chi connectivity index (χ3n) is 4.78. The summed E-state index contributed by atoms with van der Waals surface area (Å²) in [5.74, 6) is 0.360. The molecule has 26 heavy (non-hydrogen) atoms. The number of rotatable bonds is 7. The summed E-state index contributed by atoms with van der Waals surface area (Å²) in [7, 11) is 1.97. The zero-order chi connectivity index (χ0) is 18.4. The first kappa shape index (κ1) is 18.5. The molecule has 2 heterocycles. The van der Waals surface area contributed by atoms with Crippen molar-refractivity contribution in [3.05, 3.63) is 65.5 Å². The number of pyridine rings is 1. The van der Waals surface area contributed by atoms with Gasteiger partial charge in [0.15, 0.2) is 0 Å². The number of nitrogens with one attached hydrogen (secondary N) is 1. The Labute approximate surface area is 155 Å². The van der Waals surface area contributed by atoms with E-state index in [1.54, 1.807) is 12.4 Å². The smallest absolute Gasteiger partial charge is 0.234 e. The van der Waals surface area contributed by atoms with Crippen molar-refractivity contribution in [2.45, 2.75) is 25.9 Å². The van der Waals surface area contributed by atoms with Gasteiger partial charge in [0.25, 0.3) is 0 Å². The van der Waals surface area contributed by atoms with Crippen LogP contribution in [0.5, 0.6) is 0 Å². The number of ether oxygens (including phenoxy) is 1. The van der Waals surface area contributed by atoms with Gasteiger partial charge < -0.3 is 10.1 Å². The minimum Gasteiger partial charge on any atom is -0.379 e. The molecule has 2 aromatic rings. The molecule has 3 rings (SSSR count). The molecule has 0 saturated carbocycles. The summed E-state index contributed by atoms with van der Waals surface area (Å²) in [4.78, 5) is 18.5. The van der Waals surface area contributed by atoms with E-state index in [1.807, 2.05) is 24.1 Å². The molecule has 5 nitrogen and oxygen atoms in total. The summed E-state index contributed by atoms with van der Waals surface area (Å²) in [6.45, 7) is 4.49. The molecule has 0 spiro atoms. The molecule has 2 atom stereocenters. The Morgan fingerprint density at radius 2 is 1.88 bits per heavy atom. The summed E-state index contributed by atoms with van der Waals surface area (Å²) in [5.41, 5.74) is 3.69. The zero-order valence-electron chi connectivity index (χ0n) is 15.5. The molecular weight excluding hydrogens is 326 g/mol. The summed E-state index contributed by atoms with van der Waals surface area (Å²) < 4.78 is 5.61. The van der Waals surface area contributed by atoms with Gasteiger partial charge in [0.05, 0.1) is 25.8 Å². The molecule has 1 saturated heterocycles. The van der Waals surface area contributed by atoms with Gasteiger partial charge in [-0.2, -0.15) is 0 Å². The molecule has 5 heteroatoms. The highest BCUT2D eigenvalue weighted by atomic mass is 16.5. The highest BCUT2D eigenvalue weighted by molar-refractivity contribution is 5.78. The van der Waals surface area contributed by atoms with Crippen molar-refractivity contribution < 1.29 is 9.53 Å². The van der Waals surface area contributed by atoms with Crippen molar-refractivity contribution >= 4 is 5.91 Å². The van der Waals surface area contributed by atoms with Crippen LogP contribution in [0.2, 0.25) is 0 Å². The van der Waals surface area contributed by atoms with Crippen LogP contribution in [-0.4, -0.2) is 48.6 Å². The number of carbonyl (C=O) groups is 1. The molecule has 1 aliphatic heterocycles. The predicted molar refractivity (Wildman–Crippen MR) is 102 cm³/mol. The first-order valence-electron chi connectivity index (χ1n) is 9.10. The van der Waals surface area contributed by atoms with Crippen LogP contribution in [0.15, 0.2) is 48.8 Å². The molecule has 1 aromatic carbocycles. The van der Waals surface area contributed by atoms with Gasteiger partial charge in [-0.3, -0.25) is 14.7 Å². The van der Waals surface area contributed by atoms with E-state index in [2.05, 4.69) is 41.5 Å². The van der Waals surface area contributed by atoms with E-state index in [1.165, 1.54) is 16.7 Å². The number of nitrogens with zero attached hydrogens (tertiary/aromatic N) is 2. The van der Waals surface area contributed by atoms with Gasteiger partial charge in [0.2, 0.25) is 5.91 Å². The molecule has 0 radical (unpaired) electrons. The minimum atomic E-state index is 0.0508. The molecule has 1 aliphatic rings. The average Bonchev–Trinajstić information content (AvgIpc) is 3.04. The summed E-state index contributed by atoms with van der Waals surface area (Å²) in [6.07, 6.45) is 4.50. The lowest BCUT2D eigenvalue weighted by molar-refractivity contribution is -0.123. The highest BCUT2D eigenvalue weighted by Crippen LogP contribution is 2.19. The quantitative estimate of drug-likeness (QED) is 0.829. The normalized spacial score (nSPS) is 19.7. The number of hydrogen-bond donors (Lipinski definition) is 1. The van der Waals surface area contributed by atoms with E-state index >= 15 is 0 Å². The van der Waals surface area contributed by atoms with Gasteiger partial charge in [0.1, 0.15) is 0 Å². The molecule has 0 unspecified atom stereocenters. The second-order valence-electron chi connectivity index (χ2n) is 7.19. The van der Waals surface area contributed by atoms with E-state index in [9.17, 15) is 4.79 Å². The van der Waals surface area contributed by atoms with Crippen LogP contribution in [-0.2, 0) is 22.5 Å². The number of carbonyl (C=O) groups excluding carboxylic acids is 1. The molecule has 1 fully saturated rings. The van der Waals surface area contributed by atoms with E-state index in [0.717, 1.165) is 13.0 Å². The van der Waals surface area contributed by atoms with E-state index in [-0.39, 0.29) is 11.9 Å². The summed E-state index contributed by atoms with van der Waals surface area (Å²) in [5, 5.41) is 3.15. The lowest BCUT2D eigenvalue weighted by Crippen LogP contribution is -2.44. The molecular formula is C21H27N3O2. The topological polar surface area (TPSA) is 54.5 Å². The molecule has 0 aliphatic carbocycles. The van der Waals surface area contributed by atoms with Crippen molar-refractivity contribution in [2.75, 3.05) is 26.8 Å². The Morgan fingerprint density at radius 3 is 2.62 bits per heavy atom. The van der Waals surface area contributed by atoms with Crippen molar-refractivity contribution in [1.29, 1.82) is 0 Å². The van der Waals surface area contributed by atoms with Crippen LogP contribution in [0.1, 0.15) is 16.7 Å². The van der Waals surface area contributed by atoms with Gasteiger partial charge in [-0.05, 0) is 43.7 Å². The predicted octanol–water partition coefficient (Wildman–Crippen LogP) is 2.20. The lowest BCUT2D eigenvalue weighted by Gasteiger charge is -2.22. The number of aromatic nitrogens is 1. The van der Waals surface area contributed by atoms with Gasteiger partial charge in [-0.15, -0.1) is 0 Å². The Bertz CT molecular complexity index is 703. The van der Waals surface area contributed by atoms with Crippen molar-refractivity contribution in [2.24, 2.45) is 5.92 Å². The fraction of sp³-hybridized carbons (Fsp3) is 0.429. The minimum absolute atomic E-state index is 0.0508. The summed E-state index contributed by atoms with van der Waals surface area (Å²) >= 11 is 0. The third-order valence-corrected chi connectivity index (χ3v) is 4.78. The van der Waals surface area contributed by atoms with E-state index in [0.29, 0.717) is 25.7 Å². The number of amides is 1. The molecule has 0 bridgehead atoms.